The van der Waals surface area contributed by atoms with Crippen LogP contribution in [0, 0.1) is 0 Å². The maximum Gasteiger partial charge on any atom is 0.251 e. The van der Waals surface area contributed by atoms with Crippen molar-refractivity contribution in [2.75, 3.05) is 13.7 Å². The zero-order chi connectivity index (χ0) is 10.6. The molecule has 0 aliphatic carbocycles. The van der Waals surface area contributed by atoms with Gasteiger partial charge < -0.3 is 10.5 Å². The Hall–Kier alpha value is -1.71. The van der Waals surface area contributed by atoms with E-state index in [4.69, 9.17) is 10.5 Å². The van der Waals surface area contributed by atoms with Crippen LogP contribution in [0.3, 0.4) is 0 Å². The summed E-state index contributed by atoms with van der Waals surface area (Å²) >= 11 is 0. The van der Waals surface area contributed by atoms with Gasteiger partial charge in [-0.3, -0.25) is 10.1 Å². The lowest BCUT2D eigenvalue weighted by Crippen LogP contribution is -2.14. The van der Waals surface area contributed by atoms with Crippen LogP contribution in [0.4, 0.5) is 5.69 Å². The number of primary amides is 1. The van der Waals surface area contributed by atoms with Crippen LogP contribution in [0.25, 0.3) is 0 Å². The van der Waals surface area contributed by atoms with Gasteiger partial charge in [-0.15, -0.1) is 0 Å². The van der Waals surface area contributed by atoms with Gasteiger partial charge in [0.1, 0.15) is 11.4 Å². The summed E-state index contributed by atoms with van der Waals surface area (Å²) in [4.78, 5) is 11.1. The van der Waals surface area contributed by atoms with Crippen LogP contribution < -0.4 is 15.8 Å². The van der Waals surface area contributed by atoms with Crippen LogP contribution in [0.5, 0.6) is 5.75 Å². The molecule has 0 spiro atoms. The molecular weight excluding hydrogens is 180 g/mol. The molecule has 0 atom stereocenters. The quantitative estimate of drug-likeness (QED) is 0.776. The second-order valence-corrected chi connectivity index (χ2v) is 2.70. The van der Waals surface area contributed by atoms with E-state index in [-0.39, 0.29) is 0 Å². The Morgan fingerprint density at radius 3 is 2.79 bits per heavy atom. The lowest BCUT2D eigenvalue weighted by atomic mass is 10.1. The third kappa shape index (κ3) is 1.96. The van der Waals surface area contributed by atoms with E-state index >= 15 is 0 Å². The summed E-state index contributed by atoms with van der Waals surface area (Å²) in [7, 11) is 1.54. The Kier molecular flexibility index (Phi) is 3.34. The SMILES string of the molecule is CC[N]c1c(OC)cccc1C(N)=O. The predicted octanol–water partition coefficient (Wildman–Crippen LogP) is 1.05. The highest BCUT2D eigenvalue weighted by Gasteiger charge is 2.12. The molecule has 4 heteroatoms. The molecule has 1 radical (unpaired) electrons. The van der Waals surface area contributed by atoms with Gasteiger partial charge in [0.15, 0.2) is 0 Å². The first kappa shape index (κ1) is 10.4. The molecule has 0 bridgehead atoms. The average Bonchev–Trinajstić information content (AvgIpc) is 2.18. The first-order valence-electron chi connectivity index (χ1n) is 4.35. The molecule has 0 aliphatic rings. The van der Waals surface area contributed by atoms with Crippen LogP contribution in [0.2, 0.25) is 0 Å². The number of amides is 1. The number of benzene rings is 1. The summed E-state index contributed by atoms with van der Waals surface area (Å²) in [5.74, 6) is 0.0826. The Labute approximate surface area is 83.1 Å². The fraction of sp³-hybridized carbons (Fsp3) is 0.300. The van der Waals surface area contributed by atoms with Crippen molar-refractivity contribution in [1.82, 2.24) is 5.32 Å². The summed E-state index contributed by atoms with van der Waals surface area (Å²) in [5, 5.41) is 4.17. The number of carbonyl (C=O) groups excluding carboxylic acids is 1. The average molecular weight is 193 g/mol. The van der Waals surface area contributed by atoms with Crippen molar-refractivity contribution in [1.29, 1.82) is 0 Å². The number of nitrogens with zero attached hydrogens (tertiary/aromatic N) is 1. The highest BCUT2D eigenvalue weighted by molar-refractivity contribution is 5.98. The van der Waals surface area contributed by atoms with Gasteiger partial charge in [0.05, 0.1) is 12.7 Å². The maximum absolute atomic E-state index is 11.1. The van der Waals surface area contributed by atoms with Crippen molar-refractivity contribution in [2.45, 2.75) is 6.92 Å². The van der Waals surface area contributed by atoms with Crippen LogP contribution in [0.15, 0.2) is 18.2 Å². The van der Waals surface area contributed by atoms with Crippen molar-refractivity contribution in [3.63, 3.8) is 0 Å². The Morgan fingerprint density at radius 1 is 1.57 bits per heavy atom. The van der Waals surface area contributed by atoms with E-state index in [1.165, 1.54) is 7.11 Å². The molecule has 1 aromatic rings. The zero-order valence-corrected chi connectivity index (χ0v) is 8.28. The molecule has 2 N–H and O–H groups in total. The zero-order valence-electron chi connectivity index (χ0n) is 8.28. The molecule has 1 rings (SSSR count). The van der Waals surface area contributed by atoms with Crippen LogP contribution in [0.1, 0.15) is 17.3 Å². The summed E-state index contributed by atoms with van der Waals surface area (Å²) in [6.45, 7) is 2.47. The van der Waals surface area contributed by atoms with Crippen molar-refractivity contribution >= 4 is 11.6 Å². The monoisotopic (exact) mass is 193 g/mol. The van der Waals surface area contributed by atoms with E-state index < -0.39 is 5.91 Å². The minimum atomic E-state index is -0.490. The van der Waals surface area contributed by atoms with E-state index in [0.717, 1.165) is 0 Å². The van der Waals surface area contributed by atoms with Gasteiger partial charge in [-0.1, -0.05) is 6.07 Å². The van der Waals surface area contributed by atoms with E-state index in [1.54, 1.807) is 18.2 Å². The van der Waals surface area contributed by atoms with Crippen molar-refractivity contribution < 1.29 is 9.53 Å². The molecule has 1 amide bonds. The highest BCUT2D eigenvalue weighted by Crippen LogP contribution is 2.27. The Morgan fingerprint density at radius 2 is 2.29 bits per heavy atom. The van der Waals surface area contributed by atoms with Crippen LogP contribution in [-0.2, 0) is 0 Å². The number of ether oxygens (including phenoxy) is 1. The number of methoxy groups -OCH3 is 1. The van der Waals surface area contributed by atoms with E-state index in [1.807, 2.05) is 6.92 Å². The third-order valence-corrected chi connectivity index (χ3v) is 1.80. The molecule has 0 unspecified atom stereocenters. The molecule has 0 saturated heterocycles. The van der Waals surface area contributed by atoms with Gasteiger partial charge >= 0.3 is 0 Å². The molecule has 0 saturated carbocycles. The lowest BCUT2D eigenvalue weighted by Gasteiger charge is -2.10. The molecule has 4 nitrogen and oxygen atoms in total. The molecule has 0 aromatic heterocycles. The standard InChI is InChI=1S/C10H13N2O2/c1-3-12-9-7(10(11)13)5-4-6-8(9)14-2/h4-6H,3H2,1-2H3,(H2,11,13). The number of para-hydroxylation sites is 1. The van der Waals surface area contributed by atoms with Crippen molar-refractivity contribution in [3.05, 3.63) is 23.8 Å². The first-order valence-corrected chi connectivity index (χ1v) is 4.35. The molecule has 14 heavy (non-hydrogen) atoms. The summed E-state index contributed by atoms with van der Waals surface area (Å²) in [6.07, 6.45) is 0. The number of hydrogen-bond acceptors (Lipinski definition) is 2. The maximum atomic E-state index is 11.1. The van der Waals surface area contributed by atoms with Gasteiger partial charge in [-0.05, 0) is 19.1 Å². The lowest BCUT2D eigenvalue weighted by molar-refractivity contribution is 0.100. The van der Waals surface area contributed by atoms with Crippen molar-refractivity contribution in [2.24, 2.45) is 5.73 Å². The van der Waals surface area contributed by atoms with E-state index in [2.05, 4.69) is 5.32 Å². The second kappa shape index (κ2) is 4.50. The van der Waals surface area contributed by atoms with Gasteiger partial charge in [-0.25, -0.2) is 0 Å². The van der Waals surface area contributed by atoms with Crippen molar-refractivity contribution in [3.8, 4) is 5.75 Å². The highest BCUT2D eigenvalue weighted by atomic mass is 16.5. The van der Waals surface area contributed by atoms with E-state index in [0.29, 0.717) is 23.5 Å². The fourth-order valence-corrected chi connectivity index (χ4v) is 1.21. The molecule has 0 aliphatic heterocycles. The minimum Gasteiger partial charge on any atom is -0.494 e. The number of rotatable bonds is 4. The summed E-state index contributed by atoms with van der Waals surface area (Å²) in [6, 6.07) is 5.11. The number of hydrogen-bond donors (Lipinski definition) is 1. The van der Waals surface area contributed by atoms with Gasteiger partial charge in [0.2, 0.25) is 0 Å². The van der Waals surface area contributed by atoms with Gasteiger partial charge in [-0.2, -0.15) is 0 Å². The smallest absolute Gasteiger partial charge is 0.251 e. The normalized spacial score (nSPS) is 9.57. The molecule has 1 aromatic carbocycles. The largest absolute Gasteiger partial charge is 0.494 e. The summed E-state index contributed by atoms with van der Waals surface area (Å²) < 4.78 is 5.09. The molecule has 75 valence electrons. The Bertz CT molecular complexity index is 337. The molecule has 0 heterocycles. The minimum absolute atomic E-state index is 0.395. The van der Waals surface area contributed by atoms with Gasteiger partial charge in [0, 0.05) is 6.54 Å². The number of carbonyl (C=O) groups is 1. The summed E-state index contributed by atoms with van der Waals surface area (Å²) in [5.41, 5.74) is 6.14. The van der Waals surface area contributed by atoms with Crippen LogP contribution in [-0.4, -0.2) is 19.6 Å². The molecular formula is C10H13N2O2. The second-order valence-electron chi connectivity index (χ2n) is 2.70. The van der Waals surface area contributed by atoms with Crippen LogP contribution >= 0.6 is 0 Å². The third-order valence-electron chi connectivity index (χ3n) is 1.80. The molecule has 0 fully saturated rings. The topological polar surface area (TPSA) is 66.4 Å². The van der Waals surface area contributed by atoms with E-state index in [9.17, 15) is 4.79 Å². The fourth-order valence-electron chi connectivity index (χ4n) is 1.21. The number of nitrogens with two attached hydrogens (primary N) is 1. The van der Waals surface area contributed by atoms with Gasteiger partial charge in [0.25, 0.3) is 5.91 Å². The Balaban J connectivity index is 3.20. The first-order chi connectivity index (χ1) is 6.70. The predicted molar refractivity (Wildman–Crippen MR) is 53.8 cm³/mol.